The van der Waals surface area contributed by atoms with E-state index in [0.29, 0.717) is 13.0 Å². The Bertz CT molecular complexity index is 1010. The molecule has 1 aliphatic rings. The van der Waals surface area contributed by atoms with Crippen LogP contribution >= 0.6 is 0 Å². The summed E-state index contributed by atoms with van der Waals surface area (Å²) in [6.07, 6.45) is 1.75. The van der Waals surface area contributed by atoms with Crippen LogP contribution in [0.2, 0.25) is 0 Å². The van der Waals surface area contributed by atoms with Gasteiger partial charge in [-0.1, -0.05) is 24.3 Å². The maximum atomic E-state index is 12.2. The Morgan fingerprint density at radius 3 is 2.93 bits per heavy atom. The molecule has 0 saturated carbocycles. The molecule has 0 bridgehead atoms. The quantitative estimate of drug-likeness (QED) is 0.558. The van der Waals surface area contributed by atoms with Gasteiger partial charge in [0.1, 0.15) is 5.75 Å². The molecular weight excluding hydrogens is 342 g/mol. The number of nitrogens with zero attached hydrogens (tertiary/aromatic N) is 1. The summed E-state index contributed by atoms with van der Waals surface area (Å²) in [6, 6.07) is 13.0. The van der Waals surface area contributed by atoms with E-state index in [0.717, 1.165) is 35.0 Å². The number of hydrogen-bond donors (Lipinski definition) is 4. The molecule has 142 valence electrons. The second-order valence-corrected chi connectivity index (χ2v) is 7.44. The van der Waals surface area contributed by atoms with Crippen LogP contribution in [-0.2, 0) is 13.0 Å². The molecule has 0 fully saturated rings. The lowest BCUT2D eigenvalue weighted by Crippen LogP contribution is -2.41. The van der Waals surface area contributed by atoms with Crippen molar-refractivity contribution in [2.24, 2.45) is 0 Å². The first kappa shape index (κ1) is 17.8. The second-order valence-electron chi connectivity index (χ2n) is 7.44. The molecule has 0 spiro atoms. The van der Waals surface area contributed by atoms with Crippen molar-refractivity contribution in [1.82, 2.24) is 14.9 Å². The Kier molecular flexibility index (Phi) is 4.76. The van der Waals surface area contributed by atoms with Gasteiger partial charge in [0.25, 0.3) is 0 Å². The SMILES string of the molecule is C[C@@H](CCc1cccc(O)c1)N[C@@H]1CCn2c(=O)[nH]c3cccc(c32)[C@H]1O. The average Bonchev–Trinajstić information content (AvgIpc) is 2.90. The van der Waals surface area contributed by atoms with Gasteiger partial charge in [0, 0.05) is 24.2 Å². The maximum Gasteiger partial charge on any atom is 0.326 e. The minimum atomic E-state index is -0.666. The van der Waals surface area contributed by atoms with Crippen molar-refractivity contribution in [2.45, 2.75) is 50.9 Å². The van der Waals surface area contributed by atoms with E-state index in [1.165, 1.54) is 0 Å². The minimum absolute atomic E-state index is 0.117. The molecule has 4 N–H and O–H groups in total. The van der Waals surface area contributed by atoms with Crippen LogP contribution in [0.25, 0.3) is 11.0 Å². The smallest absolute Gasteiger partial charge is 0.326 e. The zero-order valence-electron chi connectivity index (χ0n) is 15.4. The first-order valence-corrected chi connectivity index (χ1v) is 9.46. The second kappa shape index (κ2) is 7.21. The topological polar surface area (TPSA) is 90.3 Å². The largest absolute Gasteiger partial charge is 0.508 e. The molecule has 0 radical (unpaired) electrons. The van der Waals surface area contributed by atoms with E-state index in [2.05, 4.69) is 17.2 Å². The Balaban J connectivity index is 1.47. The predicted octanol–water partition coefficient (Wildman–Crippen LogP) is 2.45. The van der Waals surface area contributed by atoms with Gasteiger partial charge in [-0.05, 0) is 49.9 Å². The van der Waals surface area contributed by atoms with E-state index in [1.807, 2.05) is 30.3 Å². The lowest BCUT2D eigenvalue weighted by Gasteiger charge is -2.26. The summed E-state index contributed by atoms with van der Waals surface area (Å²) in [5, 5.41) is 24.1. The third-order valence-electron chi connectivity index (χ3n) is 5.46. The molecule has 1 aliphatic heterocycles. The van der Waals surface area contributed by atoms with E-state index in [4.69, 9.17) is 0 Å². The molecule has 3 aromatic rings. The molecule has 0 aliphatic carbocycles. The lowest BCUT2D eigenvalue weighted by molar-refractivity contribution is 0.119. The van der Waals surface area contributed by atoms with E-state index in [9.17, 15) is 15.0 Å². The van der Waals surface area contributed by atoms with Crippen molar-refractivity contribution >= 4 is 11.0 Å². The van der Waals surface area contributed by atoms with Gasteiger partial charge in [-0.15, -0.1) is 0 Å². The van der Waals surface area contributed by atoms with Crippen LogP contribution < -0.4 is 11.0 Å². The van der Waals surface area contributed by atoms with Gasteiger partial charge in [0.2, 0.25) is 0 Å². The maximum absolute atomic E-state index is 12.2. The number of aromatic hydroxyl groups is 1. The van der Waals surface area contributed by atoms with Crippen LogP contribution in [0.15, 0.2) is 47.3 Å². The summed E-state index contributed by atoms with van der Waals surface area (Å²) >= 11 is 0. The third-order valence-corrected chi connectivity index (χ3v) is 5.46. The molecule has 0 amide bonds. The summed E-state index contributed by atoms with van der Waals surface area (Å²) < 4.78 is 1.73. The number of imidazole rings is 1. The summed E-state index contributed by atoms with van der Waals surface area (Å²) in [5.41, 5.74) is 3.35. The summed E-state index contributed by atoms with van der Waals surface area (Å²) in [7, 11) is 0. The fourth-order valence-corrected chi connectivity index (χ4v) is 4.06. The lowest BCUT2D eigenvalue weighted by atomic mass is 9.98. The fraction of sp³-hybridized carbons (Fsp3) is 0.381. The number of aryl methyl sites for hydroxylation is 2. The van der Waals surface area contributed by atoms with Crippen molar-refractivity contribution in [1.29, 1.82) is 0 Å². The molecule has 0 saturated heterocycles. The van der Waals surface area contributed by atoms with Crippen LogP contribution in [0.3, 0.4) is 0 Å². The highest BCUT2D eigenvalue weighted by Crippen LogP contribution is 2.30. The van der Waals surface area contributed by atoms with Crippen LogP contribution in [-0.4, -0.2) is 31.8 Å². The number of para-hydroxylation sites is 1. The van der Waals surface area contributed by atoms with Gasteiger partial charge >= 0.3 is 5.69 Å². The number of benzene rings is 2. The zero-order chi connectivity index (χ0) is 19.0. The van der Waals surface area contributed by atoms with E-state index >= 15 is 0 Å². The summed E-state index contributed by atoms with van der Waals surface area (Å²) in [5.74, 6) is 0.285. The highest BCUT2D eigenvalue weighted by molar-refractivity contribution is 5.79. The number of phenolic OH excluding ortho intramolecular Hbond substituents is 1. The molecule has 2 heterocycles. The number of rotatable bonds is 5. The Labute approximate surface area is 157 Å². The zero-order valence-corrected chi connectivity index (χ0v) is 15.4. The minimum Gasteiger partial charge on any atom is -0.508 e. The molecule has 3 atom stereocenters. The van der Waals surface area contributed by atoms with Crippen LogP contribution in [0.4, 0.5) is 0 Å². The van der Waals surface area contributed by atoms with Gasteiger partial charge in [-0.3, -0.25) is 4.57 Å². The highest BCUT2D eigenvalue weighted by Gasteiger charge is 2.29. The van der Waals surface area contributed by atoms with Crippen LogP contribution in [0.1, 0.15) is 37.0 Å². The van der Waals surface area contributed by atoms with Gasteiger partial charge in [0.15, 0.2) is 0 Å². The average molecular weight is 367 g/mol. The Morgan fingerprint density at radius 2 is 2.11 bits per heavy atom. The number of aromatic nitrogens is 2. The molecule has 4 rings (SSSR count). The number of hydrogen-bond acceptors (Lipinski definition) is 4. The summed E-state index contributed by atoms with van der Waals surface area (Å²) in [4.78, 5) is 15.1. The van der Waals surface area contributed by atoms with Gasteiger partial charge in [-0.25, -0.2) is 4.79 Å². The number of aliphatic hydroxyl groups is 1. The number of aromatic amines is 1. The highest BCUT2D eigenvalue weighted by atomic mass is 16.3. The first-order chi connectivity index (χ1) is 13.0. The fourth-order valence-electron chi connectivity index (χ4n) is 4.06. The number of phenols is 1. The van der Waals surface area contributed by atoms with Crippen molar-refractivity contribution in [3.8, 4) is 5.75 Å². The molecule has 27 heavy (non-hydrogen) atoms. The van der Waals surface area contributed by atoms with E-state index < -0.39 is 6.10 Å². The molecule has 6 nitrogen and oxygen atoms in total. The van der Waals surface area contributed by atoms with Crippen LogP contribution in [0, 0.1) is 0 Å². The first-order valence-electron chi connectivity index (χ1n) is 9.46. The van der Waals surface area contributed by atoms with Crippen molar-refractivity contribution < 1.29 is 10.2 Å². The third kappa shape index (κ3) is 3.50. The van der Waals surface area contributed by atoms with Gasteiger partial charge in [0.05, 0.1) is 17.1 Å². The van der Waals surface area contributed by atoms with Crippen molar-refractivity contribution in [3.05, 3.63) is 64.1 Å². The molecule has 6 heteroatoms. The van der Waals surface area contributed by atoms with Crippen LogP contribution in [0.5, 0.6) is 5.75 Å². The number of nitrogens with one attached hydrogen (secondary N) is 2. The Morgan fingerprint density at radius 1 is 1.30 bits per heavy atom. The molecule has 1 aromatic heterocycles. The standard InChI is InChI=1S/C21H25N3O3/c1-13(8-9-14-4-2-5-15(25)12-14)22-18-10-11-24-19-16(20(18)26)6-3-7-17(19)23-21(24)27/h2-7,12-13,18,20,22,25-26H,8-11H2,1H3,(H,23,27)/t13-,18+,20+/m0/s1. The number of aliphatic hydroxyl groups excluding tert-OH is 1. The van der Waals surface area contributed by atoms with Gasteiger partial charge in [-0.2, -0.15) is 0 Å². The Hall–Kier alpha value is -2.57. The predicted molar refractivity (Wildman–Crippen MR) is 105 cm³/mol. The van der Waals surface area contributed by atoms with Gasteiger partial charge < -0.3 is 20.5 Å². The summed E-state index contributed by atoms with van der Waals surface area (Å²) in [6.45, 7) is 2.68. The van der Waals surface area contributed by atoms with E-state index in [1.54, 1.807) is 16.7 Å². The van der Waals surface area contributed by atoms with Crippen molar-refractivity contribution in [3.63, 3.8) is 0 Å². The molecule has 0 unspecified atom stereocenters. The molecule has 2 aromatic carbocycles. The number of H-pyrrole nitrogens is 1. The van der Waals surface area contributed by atoms with E-state index in [-0.39, 0.29) is 23.5 Å². The molecular formula is C21H25N3O3. The van der Waals surface area contributed by atoms with Crippen molar-refractivity contribution in [2.75, 3.05) is 0 Å². The monoisotopic (exact) mass is 367 g/mol. The normalized spacial score (nSPS) is 20.5.